The lowest BCUT2D eigenvalue weighted by atomic mass is 10.1. The third kappa shape index (κ3) is 1.95. The zero-order chi connectivity index (χ0) is 11.5. The second-order valence-electron chi connectivity index (χ2n) is 3.32. The maximum atomic E-state index is 10.9. The van der Waals surface area contributed by atoms with Crippen molar-refractivity contribution in [1.82, 2.24) is 4.98 Å². The molecule has 0 amide bonds. The molecule has 2 rings (SSSR count). The normalized spacial score (nSPS) is 10.1. The molecule has 0 atom stereocenters. The van der Waals surface area contributed by atoms with Crippen molar-refractivity contribution in [2.24, 2.45) is 0 Å². The average Bonchev–Trinajstić information content (AvgIpc) is 2.28. The van der Waals surface area contributed by atoms with Crippen LogP contribution in [0.5, 0.6) is 11.5 Å². The van der Waals surface area contributed by atoms with E-state index in [1.54, 1.807) is 13.3 Å². The van der Waals surface area contributed by atoms with Crippen molar-refractivity contribution in [2.45, 2.75) is 6.92 Å². The van der Waals surface area contributed by atoms with E-state index in [0.717, 1.165) is 16.5 Å². The molecule has 1 aromatic heterocycles. The number of hydrogen-bond donors (Lipinski definition) is 0. The molecule has 0 aliphatic heterocycles. The van der Waals surface area contributed by atoms with Crippen LogP contribution in [-0.2, 0) is 4.79 Å². The lowest BCUT2D eigenvalue weighted by Gasteiger charge is -2.06. The summed E-state index contributed by atoms with van der Waals surface area (Å²) in [4.78, 5) is 14.9. The third-order valence-electron chi connectivity index (χ3n) is 2.18. The van der Waals surface area contributed by atoms with E-state index < -0.39 is 0 Å². The van der Waals surface area contributed by atoms with Crippen molar-refractivity contribution >= 4 is 16.7 Å². The van der Waals surface area contributed by atoms with Crippen LogP contribution in [0.2, 0.25) is 0 Å². The monoisotopic (exact) mass is 217 g/mol. The van der Waals surface area contributed by atoms with Gasteiger partial charge in [-0.2, -0.15) is 0 Å². The summed E-state index contributed by atoms with van der Waals surface area (Å²) < 4.78 is 10.2. The lowest BCUT2D eigenvalue weighted by Crippen LogP contribution is -2.02. The van der Waals surface area contributed by atoms with Crippen LogP contribution in [0, 0.1) is 0 Å². The van der Waals surface area contributed by atoms with Crippen molar-refractivity contribution in [2.75, 3.05) is 7.11 Å². The molecule has 0 saturated heterocycles. The molecule has 1 aromatic carbocycles. The van der Waals surface area contributed by atoms with Gasteiger partial charge in [-0.25, -0.2) is 0 Å². The molecule has 0 aliphatic rings. The Bertz CT molecular complexity index is 537. The smallest absolute Gasteiger partial charge is 0.308 e. The minimum Gasteiger partial charge on any atom is -0.497 e. The predicted molar refractivity (Wildman–Crippen MR) is 59.6 cm³/mol. The van der Waals surface area contributed by atoms with Crippen molar-refractivity contribution in [3.63, 3.8) is 0 Å². The number of carbonyl (C=O) groups excluding carboxylic acids is 1. The second kappa shape index (κ2) is 4.18. The summed E-state index contributed by atoms with van der Waals surface area (Å²) in [5.74, 6) is 0.854. The molecule has 0 N–H and O–H groups in total. The highest BCUT2D eigenvalue weighted by atomic mass is 16.5. The molecule has 4 nitrogen and oxygen atoms in total. The molecule has 82 valence electrons. The van der Waals surface area contributed by atoms with Gasteiger partial charge in [0.25, 0.3) is 0 Å². The van der Waals surface area contributed by atoms with Crippen LogP contribution in [0.4, 0.5) is 0 Å². The van der Waals surface area contributed by atoms with Crippen molar-refractivity contribution in [1.29, 1.82) is 0 Å². The fourth-order valence-corrected chi connectivity index (χ4v) is 1.49. The average molecular weight is 217 g/mol. The first-order valence-corrected chi connectivity index (χ1v) is 4.81. The second-order valence-corrected chi connectivity index (χ2v) is 3.32. The Balaban J connectivity index is 2.55. The first-order valence-electron chi connectivity index (χ1n) is 4.81. The van der Waals surface area contributed by atoms with Gasteiger partial charge in [-0.1, -0.05) is 0 Å². The van der Waals surface area contributed by atoms with Crippen LogP contribution in [-0.4, -0.2) is 18.1 Å². The quantitative estimate of drug-likeness (QED) is 0.723. The van der Waals surface area contributed by atoms with Gasteiger partial charge in [0, 0.05) is 23.9 Å². The number of ether oxygens (including phenoxy) is 2. The molecular weight excluding hydrogens is 206 g/mol. The molecule has 0 fully saturated rings. The summed E-state index contributed by atoms with van der Waals surface area (Å²) in [5.41, 5.74) is 0. The minimum absolute atomic E-state index is 0.356. The molecule has 2 aromatic rings. The molecule has 0 aliphatic carbocycles. The first kappa shape index (κ1) is 10.4. The van der Waals surface area contributed by atoms with Crippen molar-refractivity contribution < 1.29 is 14.3 Å². The molecule has 16 heavy (non-hydrogen) atoms. The zero-order valence-corrected chi connectivity index (χ0v) is 9.06. The molecule has 0 radical (unpaired) electrons. The number of nitrogens with zero attached hydrogens (tertiary/aromatic N) is 1. The van der Waals surface area contributed by atoms with Gasteiger partial charge >= 0.3 is 5.97 Å². The van der Waals surface area contributed by atoms with Crippen LogP contribution < -0.4 is 9.47 Å². The van der Waals surface area contributed by atoms with Gasteiger partial charge in [-0.15, -0.1) is 0 Å². The summed E-state index contributed by atoms with van der Waals surface area (Å²) in [6.45, 7) is 1.36. The number of pyridine rings is 1. The van der Waals surface area contributed by atoms with Gasteiger partial charge in [0.1, 0.15) is 5.75 Å². The molecule has 0 bridgehead atoms. The zero-order valence-electron chi connectivity index (χ0n) is 9.06. The van der Waals surface area contributed by atoms with Gasteiger partial charge < -0.3 is 9.47 Å². The Hall–Kier alpha value is -2.10. The maximum absolute atomic E-state index is 10.9. The van der Waals surface area contributed by atoms with E-state index in [9.17, 15) is 4.79 Å². The SMILES string of the molecule is COc1ccc2c(OC(C)=O)cncc2c1. The van der Waals surface area contributed by atoms with E-state index >= 15 is 0 Å². The Morgan fingerprint density at radius 2 is 2.12 bits per heavy atom. The number of hydrogen-bond acceptors (Lipinski definition) is 4. The van der Waals surface area contributed by atoms with Gasteiger partial charge in [-0.05, 0) is 18.2 Å². The fourth-order valence-electron chi connectivity index (χ4n) is 1.49. The van der Waals surface area contributed by atoms with Crippen LogP contribution >= 0.6 is 0 Å². The Labute approximate surface area is 92.8 Å². The molecule has 4 heteroatoms. The van der Waals surface area contributed by atoms with Crippen LogP contribution in [0.25, 0.3) is 10.8 Å². The van der Waals surface area contributed by atoms with E-state index in [1.807, 2.05) is 18.2 Å². The summed E-state index contributed by atoms with van der Waals surface area (Å²) in [5, 5.41) is 1.71. The van der Waals surface area contributed by atoms with Crippen LogP contribution in [0.15, 0.2) is 30.6 Å². The highest BCUT2D eigenvalue weighted by molar-refractivity contribution is 5.90. The molecule has 1 heterocycles. The molecule has 0 unspecified atom stereocenters. The first-order chi connectivity index (χ1) is 7.70. The van der Waals surface area contributed by atoms with E-state index in [-0.39, 0.29) is 5.97 Å². The van der Waals surface area contributed by atoms with Crippen molar-refractivity contribution in [3.8, 4) is 11.5 Å². The van der Waals surface area contributed by atoms with E-state index in [1.165, 1.54) is 13.1 Å². The standard InChI is InChI=1S/C12H11NO3/c1-8(14)16-12-7-13-6-9-5-10(15-2)3-4-11(9)12/h3-7H,1-2H3. The van der Waals surface area contributed by atoms with Gasteiger partial charge in [0.05, 0.1) is 13.3 Å². The Morgan fingerprint density at radius 3 is 2.81 bits per heavy atom. The topological polar surface area (TPSA) is 48.4 Å². The Kier molecular flexibility index (Phi) is 2.72. The summed E-state index contributed by atoms with van der Waals surface area (Å²) >= 11 is 0. The van der Waals surface area contributed by atoms with Crippen molar-refractivity contribution in [3.05, 3.63) is 30.6 Å². The highest BCUT2D eigenvalue weighted by Crippen LogP contribution is 2.27. The number of fused-ring (bicyclic) bond motifs is 1. The number of esters is 1. The van der Waals surface area contributed by atoms with Gasteiger partial charge in [0.15, 0.2) is 5.75 Å². The molecule has 0 spiro atoms. The summed E-state index contributed by atoms with van der Waals surface area (Å²) in [6.07, 6.45) is 3.22. The number of aromatic nitrogens is 1. The maximum Gasteiger partial charge on any atom is 0.308 e. The highest BCUT2D eigenvalue weighted by Gasteiger charge is 2.05. The Morgan fingerprint density at radius 1 is 1.31 bits per heavy atom. The minimum atomic E-state index is -0.356. The molecular formula is C12H11NO3. The summed E-state index contributed by atoms with van der Waals surface area (Å²) in [7, 11) is 1.60. The van der Waals surface area contributed by atoms with Crippen LogP contribution in [0.1, 0.15) is 6.92 Å². The van der Waals surface area contributed by atoms with Crippen LogP contribution in [0.3, 0.4) is 0 Å². The van der Waals surface area contributed by atoms with Gasteiger partial charge in [0.2, 0.25) is 0 Å². The number of methoxy groups -OCH3 is 1. The fraction of sp³-hybridized carbons (Fsp3) is 0.167. The largest absolute Gasteiger partial charge is 0.497 e. The van der Waals surface area contributed by atoms with E-state index in [2.05, 4.69) is 4.98 Å². The predicted octanol–water partition coefficient (Wildman–Crippen LogP) is 2.17. The van der Waals surface area contributed by atoms with Gasteiger partial charge in [-0.3, -0.25) is 9.78 Å². The van der Waals surface area contributed by atoms with E-state index in [4.69, 9.17) is 9.47 Å². The summed E-state index contributed by atoms with van der Waals surface area (Å²) in [6, 6.07) is 5.50. The third-order valence-corrected chi connectivity index (χ3v) is 2.18. The lowest BCUT2D eigenvalue weighted by molar-refractivity contribution is -0.131. The number of carbonyl (C=O) groups is 1. The van der Waals surface area contributed by atoms with E-state index in [0.29, 0.717) is 5.75 Å². The molecule has 0 saturated carbocycles. The number of rotatable bonds is 2. The number of benzene rings is 1.